The zero-order valence-corrected chi connectivity index (χ0v) is 9.55. The number of nitrogens with two attached hydrogens (primary N) is 1. The van der Waals surface area contributed by atoms with Crippen LogP contribution >= 0.6 is 11.6 Å². The summed E-state index contributed by atoms with van der Waals surface area (Å²) in [7, 11) is 0. The third-order valence-corrected chi connectivity index (χ3v) is 2.06. The Labute approximate surface area is 102 Å². The molecule has 2 N–H and O–H groups in total. The minimum atomic E-state index is -4.73. The van der Waals surface area contributed by atoms with E-state index in [1.54, 1.807) is 6.08 Å². The zero-order chi connectivity index (χ0) is 12.9. The monoisotopic (exact) mass is 265 g/mol. The molecule has 0 aromatic heterocycles. The largest absolute Gasteiger partial charge is 0.573 e. The van der Waals surface area contributed by atoms with Gasteiger partial charge in [-0.2, -0.15) is 0 Å². The first kappa shape index (κ1) is 13.7. The van der Waals surface area contributed by atoms with Crippen LogP contribution < -0.4 is 10.5 Å². The van der Waals surface area contributed by atoms with Crippen LogP contribution in [0.1, 0.15) is 12.0 Å². The van der Waals surface area contributed by atoms with E-state index in [1.165, 1.54) is 18.2 Å². The van der Waals surface area contributed by atoms with Crippen molar-refractivity contribution in [2.24, 2.45) is 0 Å². The van der Waals surface area contributed by atoms with Crippen molar-refractivity contribution in [2.75, 3.05) is 11.6 Å². The molecule has 2 nitrogen and oxygen atoms in total. The molecule has 0 saturated heterocycles. The second-order valence-electron chi connectivity index (χ2n) is 3.23. The number of anilines is 1. The number of benzene rings is 1. The van der Waals surface area contributed by atoms with Gasteiger partial charge in [-0.05, 0) is 24.1 Å². The highest BCUT2D eigenvalue weighted by Gasteiger charge is 2.31. The van der Waals surface area contributed by atoms with Crippen molar-refractivity contribution in [2.45, 2.75) is 12.8 Å². The summed E-state index contributed by atoms with van der Waals surface area (Å²) < 4.78 is 39.6. The van der Waals surface area contributed by atoms with E-state index in [9.17, 15) is 13.2 Å². The van der Waals surface area contributed by atoms with Gasteiger partial charge >= 0.3 is 6.36 Å². The van der Waals surface area contributed by atoms with Gasteiger partial charge < -0.3 is 10.5 Å². The summed E-state index contributed by atoms with van der Waals surface area (Å²) in [5, 5.41) is 0. The second kappa shape index (κ2) is 5.82. The average molecular weight is 266 g/mol. The third kappa shape index (κ3) is 4.99. The summed E-state index contributed by atoms with van der Waals surface area (Å²) in [4.78, 5) is 0. The topological polar surface area (TPSA) is 35.2 Å². The smallest absolute Gasteiger partial charge is 0.404 e. The Morgan fingerprint density at radius 3 is 2.59 bits per heavy atom. The van der Waals surface area contributed by atoms with Crippen LogP contribution in [0.2, 0.25) is 0 Å². The molecule has 17 heavy (non-hydrogen) atoms. The predicted octanol–water partition coefficient (Wildman–Crippen LogP) is 3.81. The lowest BCUT2D eigenvalue weighted by atomic mass is 10.1. The molecule has 0 bridgehead atoms. The summed E-state index contributed by atoms with van der Waals surface area (Å²) in [6, 6.07) is 4.08. The summed E-state index contributed by atoms with van der Waals surface area (Å²) in [5.74, 6) is 0.0910. The summed E-state index contributed by atoms with van der Waals surface area (Å²) in [5.41, 5.74) is 6.08. The SMILES string of the molecule is Nc1cc(C=CCCCl)ccc1OC(F)(F)F. The molecule has 94 valence electrons. The maximum Gasteiger partial charge on any atom is 0.573 e. The number of hydrogen-bond donors (Lipinski definition) is 1. The first-order valence-electron chi connectivity index (χ1n) is 4.80. The molecule has 6 heteroatoms. The molecular formula is C11H11ClF3NO. The van der Waals surface area contributed by atoms with E-state index in [4.69, 9.17) is 17.3 Å². The van der Waals surface area contributed by atoms with Gasteiger partial charge in [0.15, 0.2) is 5.75 Å². The molecule has 0 heterocycles. The van der Waals surface area contributed by atoms with Crippen molar-refractivity contribution in [1.29, 1.82) is 0 Å². The fourth-order valence-electron chi connectivity index (χ4n) is 1.17. The van der Waals surface area contributed by atoms with E-state index in [2.05, 4.69) is 4.74 Å². The molecule has 0 aliphatic carbocycles. The lowest BCUT2D eigenvalue weighted by Crippen LogP contribution is -2.18. The first-order valence-corrected chi connectivity index (χ1v) is 5.33. The van der Waals surface area contributed by atoms with Crippen LogP contribution in [0, 0.1) is 0 Å². The quantitative estimate of drug-likeness (QED) is 0.664. The molecule has 0 aliphatic heterocycles. The van der Waals surface area contributed by atoms with Crippen molar-refractivity contribution in [3.8, 4) is 5.75 Å². The maximum atomic E-state index is 12.0. The van der Waals surface area contributed by atoms with Gasteiger partial charge in [-0.15, -0.1) is 24.8 Å². The van der Waals surface area contributed by atoms with Crippen LogP contribution in [0.5, 0.6) is 5.75 Å². The summed E-state index contributed by atoms with van der Waals surface area (Å²) in [6.45, 7) is 0. The highest BCUT2D eigenvalue weighted by atomic mass is 35.5. The molecule has 0 spiro atoms. The van der Waals surface area contributed by atoms with Gasteiger partial charge in [-0.3, -0.25) is 0 Å². The van der Waals surface area contributed by atoms with E-state index >= 15 is 0 Å². The van der Waals surface area contributed by atoms with E-state index in [0.29, 0.717) is 17.9 Å². The fourth-order valence-corrected chi connectivity index (χ4v) is 1.30. The molecule has 0 radical (unpaired) electrons. The molecule has 1 rings (SSSR count). The van der Waals surface area contributed by atoms with Crippen molar-refractivity contribution >= 4 is 23.4 Å². The molecule has 0 unspecified atom stereocenters. The number of alkyl halides is 4. The van der Waals surface area contributed by atoms with Crippen molar-refractivity contribution in [1.82, 2.24) is 0 Å². The van der Waals surface area contributed by atoms with Crippen molar-refractivity contribution < 1.29 is 17.9 Å². The van der Waals surface area contributed by atoms with E-state index in [1.807, 2.05) is 6.08 Å². The van der Waals surface area contributed by atoms with Gasteiger partial charge in [0.1, 0.15) is 0 Å². The highest BCUT2D eigenvalue weighted by molar-refractivity contribution is 6.17. The molecule has 1 aromatic carbocycles. The number of halogens is 4. The summed E-state index contributed by atoms with van der Waals surface area (Å²) >= 11 is 5.48. The number of allylic oxidation sites excluding steroid dienone is 1. The van der Waals surface area contributed by atoms with Crippen LogP contribution in [-0.4, -0.2) is 12.2 Å². The lowest BCUT2D eigenvalue weighted by Gasteiger charge is -2.11. The molecule has 0 atom stereocenters. The normalized spacial score (nSPS) is 12.0. The average Bonchev–Trinajstić information content (AvgIpc) is 2.21. The van der Waals surface area contributed by atoms with Gasteiger partial charge in [-0.1, -0.05) is 18.2 Å². The Bertz CT molecular complexity index is 404. The second-order valence-corrected chi connectivity index (χ2v) is 3.60. The van der Waals surface area contributed by atoms with Gasteiger partial charge in [0, 0.05) is 5.88 Å². The number of rotatable bonds is 4. The van der Waals surface area contributed by atoms with Gasteiger partial charge in [0.2, 0.25) is 0 Å². The van der Waals surface area contributed by atoms with E-state index in [0.717, 1.165) is 0 Å². The van der Waals surface area contributed by atoms with Crippen LogP contribution in [0.15, 0.2) is 24.3 Å². The predicted molar refractivity (Wildman–Crippen MR) is 61.9 cm³/mol. The van der Waals surface area contributed by atoms with Crippen LogP contribution in [0.4, 0.5) is 18.9 Å². The minimum absolute atomic E-state index is 0.0599. The van der Waals surface area contributed by atoms with Gasteiger partial charge in [0.25, 0.3) is 0 Å². The highest BCUT2D eigenvalue weighted by Crippen LogP contribution is 2.29. The Morgan fingerprint density at radius 2 is 2.06 bits per heavy atom. The molecule has 0 aliphatic rings. The summed E-state index contributed by atoms with van der Waals surface area (Å²) in [6.07, 6.45) is -0.505. The first-order chi connectivity index (χ1) is 7.92. The molecule has 0 amide bonds. The van der Waals surface area contributed by atoms with Crippen LogP contribution in [0.25, 0.3) is 6.08 Å². The standard InChI is InChI=1S/C11H11ClF3NO/c12-6-2-1-3-8-4-5-10(9(16)7-8)17-11(13,14)15/h1,3-5,7H,2,6,16H2. The molecule has 1 aromatic rings. The van der Waals surface area contributed by atoms with Crippen LogP contribution in [-0.2, 0) is 0 Å². The van der Waals surface area contributed by atoms with Gasteiger partial charge in [-0.25, -0.2) is 0 Å². The molecule has 0 fully saturated rings. The van der Waals surface area contributed by atoms with E-state index in [-0.39, 0.29) is 5.69 Å². The number of hydrogen-bond acceptors (Lipinski definition) is 2. The van der Waals surface area contributed by atoms with Crippen molar-refractivity contribution in [3.05, 3.63) is 29.8 Å². The number of nitrogen functional groups attached to an aromatic ring is 1. The van der Waals surface area contributed by atoms with Gasteiger partial charge in [0.05, 0.1) is 5.69 Å². The third-order valence-electron chi connectivity index (χ3n) is 1.85. The maximum absolute atomic E-state index is 12.0. The number of ether oxygens (including phenoxy) is 1. The Hall–Kier alpha value is -1.36. The van der Waals surface area contributed by atoms with Crippen molar-refractivity contribution in [3.63, 3.8) is 0 Å². The fraction of sp³-hybridized carbons (Fsp3) is 0.273. The Morgan fingerprint density at radius 1 is 1.35 bits per heavy atom. The molecule has 0 saturated carbocycles. The van der Waals surface area contributed by atoms with E-state index < -0.39 is 12.1 Å². The van der Waals surface area contributed by atoms with Crippen LogP contribution in [0.3, 0.4) is 0 Å². The minimum Gasteiger partial charge on any atom is -0.404 e. The lowest BCUT2D eigenvalue weighted by molar-refractivity contribution is -0.274. The Kier molecular flexibility index (Phi) is 4.69. The zero-order valence-electron chi connectivity index (χ0n) is 8.80. The molecular weight excluding hydrogens is 255 g/mol. The Balaban J connectivity index is 2.79.